The highest BCUT2D eigenvalue weighted by molar-refractivity contribution is 6.30. The average molecular weight is 500 g/mol. The number of Topliss-reactive ketones (excluding diaryl/α,β-unsaturated/α-hetero) is 1. The predicted octanol–water partition coefficient (Wildman–Crippen LogP) is 3.12. The van der Waals surface area contributed by atoms with Gasteiger partial charge in [0.05, 0.1) is 18.3 Å². The van der Waals surface area contributed by atoms with Crippen molar-refractivity contribution < 1.29 is 23.6 Å². The summed E-state index contributed by atoms with van der Waals surface area (Å²) in [5.41, 5.74) is 5.34. The van der Waals surface area contributed by atoms with Gasteiger partial charge in [-0.25, -0.2) is 4.39 Å². The number of halogens is 3. The molecule has 33 heavy (non-hydrogen) atoms. The van der Waals surface area contributed by atoms with Gasteiger partial charge in [-0.2, -0.15) is 0 Å². The maximum atomic E-state index is 13.9. The lowest BCUT2D eigenvalue weighted by Gasteiger charge is -2.27. The summed E-state index contributed by atoms with van der Waals surface area (Å²) in [5, 5.41) is 5.36. The minimum absolute atomic E-state index is 0.164. The van der Waals surface area contributed by atoms with Crippen LogP contribution in [0, 0.1) is 11.7 Å². The van der Waals surface area contributed by atoms with E-state index < -0.39 is 53.7 Å². The Balaban J connectivity index is 2.13. The van der Waals surface area contributed by atoms with Gasteiger partial charge in [0, 0.05) is 16.7 Å². The topological polar surface area (TPSA) is 118 Å². The predicted molar refractivity (Wildman–Crippen MR) is 125 cm³/mol. The zero-order valence-corrected chi connectivity index (χ0v) is 19.6. The minimum Gasteiger partial charge on any atom is -0.370 e. The van der Waals surface area contributed by atoms with Gasteiger partial charge >= 0.3 is 0 Å². The molecule has 0 heterocycles. The van der Waals surface area contributed by atoms with Crippen molar-refractivity contribution in [3.05, 3.63) is 40.7 Å². The molecular weight excluding hydrogens is 472 g/mol. The Bertz CT molecular complexity index is 904. The molecule has 1 unspecified atom stereocenters. The van der Waals surface area contributed by atoms with Gasteiger partial charge in [0.25, 0.3) is 0 Å². The average Bonchev–Trinajstić information content (AvgIpc) is 2.77. The first-order valence-corrected chi connectivity index (χ1v) is 11.7. The maximum Gasteiger partial charge on any atom is 0.244 e. The number of carbonyl (C=O) groups excluding carboxylic acids is 4. The Morgan fingerprint density at radius 2 is 1.82 bits per heavy atom. The van der Waals surface area contributed by atoms with E-state index in [1.54, 1.807) is 0 Å². The van der Waals surface area contributed by atoms with Crippen LogP contribution >= 0.6 is 23.2 Å². The Morgan fingerprint density at radius 3 is 2.42 bits per heavy atom. The highest BCUT2D eigenvalue weighted by Gasteiger charge is 2.29. The summed E-state index contributed by atoms with van der Waals surface area (Å²) in [6, 6.07) is 1.94. The van der Waals surface area contributed by atoms with Crippen LogP contribution in [-0.2, 0) is 19.2 Å². The number of nitrogens with one attached hydrogen (secondary N) is 2. The fourth-order valence-electron chi connectivity index (χ4n) is 3.82. The number of alkyl halides is 1. The van der Waals surface area contributed by atoms with E-state index in [0.29, 0.717) is 6.42 Å². The van der Waals surface area contributed by atoms with Crippen molar-refractivity contribution in [2.45, 2.75) is 57.0 Å². The molecule has 0 bridgehead atoms. The molecule has 0 aliphatic heterocycles. The van der Waals surface area contributed by atoms with E-state index >= 15 is 0 Å². The monoisotopic (exact) mass is 499 g/mol. The van der Waals surface area contributed by atoms with Gasteiger partial charge < -0.3 is 16.4 Å². The number of hydrogen-bond acceptors (Lipinski definition) is 4. The Labute approximate surface area is 202 Å². The van der Waals surface area contributed by atoms with Gasteiger partial charge in [0.2, 0.25) is 17.7 Å². The van der Waals surface area contributed by atoms with E-state index in [2.05, 4.69) is 10.6 Å². The van der Waals surface area contributed by atoms with Gasteiger partial charge in [-0.05, 0) is 30.5 Å². The lowest BCUT2D eigenvalue weighted by Crippen LogP contribution is -2.53. The SMILES string of the molecule is NC(=O)CC(NC(=O)[C@@H](CC1CCCCC1)NC(=O)/C=C/c1ccc(Cl)cc1F)C(=O)CCl. The highest BCUT2D eigenvalue weighted by Crippen LogP contribution is 2.27. The summed E-state index contributed by atoms with van der Waals surface area (Å²) in [4.78, 5) is 48.8. The minimum atomic E-state index is -1.17. The zero-order valence-electron chi connectivity index (χ0n) is 18.1. The van der Waals surface area contributed by atoms with Crippen molar-refractivity contribution >= 4 is 52.8 Å². The maximum absolute atomic E-state index is 13.9. The Kier molecular flexibility index (Phi) is 10.8. The molecule has 0 aromatic heterocycles. The summed E-state index contributed by atoms with van der Waals surface area (Å²) in [6.07, 6.45) is 7.45. The van der Waals surface area contributed by atoms with Crippen molar-refractivity contribution in [3.8, 4) is 0 Å². The van der Waals surface area contributed by atoms with Gasteiger partial charge in [0.1, 0.15) is 11.9 Å². The number of benzene rings is 1. The molecule has 180 valence electrons. The van der Waals surface area contributed by atoms with Gasteiger partial charge in [-0.15, -0.1) is 11.6 Å². The number of ketones is 1. The molecule has 0 spiro atoms. The van der Waals surface area contributed by atoms with E-state index in [0.717, 1.165) is 44.2 Å². The van der Waals surface area contributed by atoms with E-state index in [9.17, 15) is 23.6 Å². The van der Waals surface area contributed by atoms with Crippen LogP contribution in [0.2, 0.25) is 5.02 Å². The number of rotatable bonds is 11. The van der Waals surface area contributed by atoms with Crippen LogP contribution in [0.3, 0.4) is 0 Å². The molecule has 1 saturated carbocycles. The second-order valence-corrected chi connectivity index (χ2v) is 8.84. The molecule has 0 saturated heterocycles. The first-order valence-electron chi connectivity index (χ1n) is 10.8. The van der Waals surface area contributed by atoms with Crippen LogP contribution in [-0.4, -0.2) is 41.5 Å². The van der Waals surface area contributed by atoms with Crippen LogP contribution in [0.15, 0.2) is 24.3 Å². The Morgan fingerprint density at radius 1 is 1.12 bits per heavy atom. The molecule has 1 aromatic carbocycles. The highest BCUT2D eigenvalue weighted by atomic mass is 35.5. The molecule has 7 nitrogen and oxygen atoms in total. The molecule has 1 aromatic rings. The fraction of sp³-hybridized carbons (Fsp3) is 0.478. The first kappa shape index (κ1) is 26.8. The molecule has 2 atom stereocenters. The number of hydrogen-bond donors (Lipinski definition) is 3. The second kappa shape index (κ2) is 13.3. The van der Waals surface area contributed by atoms with Crippen molar-refractivity contribution in [2.24, 2.45) is 11.7 Å². The van der Waals surface area contributed by atoms with Crippen LogP contribution in [0.1, 0.15) is 50.5 Å². The summed E-state index contributed by atoms with van der Waals surface area (Å²) in [6.45, 7) is 0. The van der Waals surface area contributed by atoms with Gasteiger partial charge in [0.15, 0.2) is 5.78 Å². The normalized spacial score (nSPS) is 16.2. The molecule has 2 rings (SSSR count). The number of nitrogens with two attached hydrogens (primary N) is 1. The molecule has 10 heteroatoms. The molecule has 1 fully saturated rings. The third kappa shape index (κ3) is 9.14. The molecule has 4 N–H and O–H groups in total. The van der Waals surface area contributed by atoms with E-state index in [4.69, 9.17) is 28.9 Å². The molecule has 1 aliphatic carbocycles. The van der Waals surface area contributed by atoms with Crippen LogP contribution < -0.4 is 16.4 Å². The molecule has 0 radical (unpaired) electrons. The third-order valence-electron chi connectivity index (χ3n) is 5.55. The first-order chi connectivity index (χ1) is 15.7. The fourth-order valence-corrected chi connectivity index (χ4v) is 4.17. The van der Waals surface area contributed by atoms with Crippen molar-refractivity contribution in [1.82, 2.24) is 10.6 Å². The quantitative estimate of drug-likeness (QED) is 0.320. The number of carbonyl (C=O) groups is 4. The number of primary amides is 1. The lowest BCUT2D eigenvalue weighted by atomic mass is 9.84. The van der Waals surface area contributed by atoms with Crippen LogP contribution in [0.5, 0.6) is 0 Å². The smallest absolute Gasteiger partial charge is 0.244 e. The van der Waals surface area contributed by atoms with Crippen LogP contribution in [0.25, 0.3) is 6.08 Å². The Hall–Kier alpha value is -2.45. The molecular formula is C23H28Cl2FN3O4. The summed E-state index contributed by atoms with van der Waals surface area (Å²) >= 11 is 11.3. The summed E-state index contributed by atoms with van der Waals surface area (Å²) < 4.78 is 13.9. The molecule has 3 amide bonds. The van der Waals surface area contributed by atoms with Gasteiger partial charge in [-0.1, -0.05) is 49.8 Å². The largest absolute Gasteiger partial charge is 0.370 e. The van der Waals surface area contributed by atoms with E-state index in [1.165, 1.54) is 18.2 Å². The summed E-state index contributed by atoms with van der Waals surface area (Å²) in [7, 11) is 0. The molecule has 1 aliphatic rings. The zero-order chi connectivity index (χ0) is 24.4. The van der Waals surface area contributed by atoms with Gasteiger partial charge in [-0.3, -0.25) is 19.2 Å². The van der Waals surface area contributed by atoms with Crippen LogP contribution in [0.4, 0.5) is 4.39 Å². The van der Waals surface area contributed by atoms with E-state index in [-0.39, 0.29) is 16.5 Å². The van der Waals surface area contributed by atoms with Crippen molar-refractivity contribution in [2.75, 3.05) is 5.88 Å². The second-order valence-electron chi connectivity index (χ2n) is 8.13. The number of amides is 3. The van der Waals surface area contributed by atoms with E-state index in [1.807, 2.05) is 0 Å². The standard InChI is InChI=1S/C23H28Cl2FN3O4/c24-13-20(30)18(12-21(27)31)29-23(33)19(10-14-4-2-1-3-5-14)28-22(32)9-7-15-6-8-16(25)11-17(15)26/h6-9,11,14,18-19H,1-5,10,12-13H2,(H2,27,31)(H,28,32)(H,29,33)/b9-7+/t18?,19-/m1/s1. The lowest BCUT2D eigenvalue weighted by molar-refractivity contribution is -0.131. The van der Waals surface area contributed by atoms with Crippen molar-refractivity contribution in [1.29, 1.82) is 0 Å². The van der Waals surface area contributed by atoms with Crippen molar-refractivity contribution in [3.63, 3.8) is 0 Å². The summed E-state index contributed by atoms with van der Waals surface area (Å²) in [5.74, 6) is -3.28. The third-order valence-corrected chi connectivity index (χ3v) is 6.04.